The Hall–Kier alpha value is -3.49. The van der Waals surface area contributed by atoms with Crippen molar-refractivity contribution in [2.24, 2.45) is 0 Å². The minimum atomic E-state index is -4.81. The molecule has 6 nitrogen and oxygen atoms in total. The molecular formula is C25H23F4N5OS. The Kier molecular flexibility index (Phi) is 7.02. The molecule has 0 saturated carbocycles. The van der Waals surface area contributed by atoms with Crippen LogP contribution in [0.3, 0.4) is 0 Å². The minimum Gasteiger partial charge on any atom is -0.323 e. The second-order valence-electron chi connectivity index (χ2n) is 8.58. The number of thiophene rings is 1. The highest BCUT2D eigenvalue weighted by Crippen LogP contribution is 2.47. The molecule has 3 heterocycles. The average molecular weight is 518 g/mol. The summed E-state index contributed by atoms with van der Waals surface area (Å²) < 4.78 is 58.2. The third-order valence-corrected chi connectivity index (χ3v) is 6.89. The fraction of sp³-hybridized carbons (Fsp3) is 0.320. The number of carbonyl (C=O) groups excluding carboxylic acids is 1. The number of alkyl halides is 3. The molecule has 1 aliphatic rings. The SMILES string of the molecule is CCn1cc(-c2c(F)cccc2[C@H]2c3cc(C#N)sc3CN2C(=O)/C=C/CN(C)C)c(C(F)(F)F)n1. The van der Waals surface area contributed by atoms with Gasteiger partial charge in [0.2, 0.25) is 5.91 Å². The monoisotopic (exact) mass is 517 g/mol. The van der Waals surface area contributed by atoms with E-state index in [1.54, 1.807) is 19.1 Å². The molecule has 188 valence electrons. The van der Waals surface area contributed by atoms with Gasteiger partial charge in [0.05, 0.1) is 12.6 Å². The van der Waals surface area contributed by atoms with E-state index in [-0.39, 0.29) is 30.1 Å². The Bertz CT molecular complexity index is 1370. The van der Waals surface area contributed by atoms with E-state index < -0.39 is 29.3 Å². The first-order valence-corrected chi connectivity index (χ1v) is 11.9. The van der Waals surface area contributed by atoms with Crippen LogP contribution in [0.15, 0.2) is 42.6 Å². The molecule has 0 bridgehead atoms. The van der Waals surface area contributed by atoms with E-state index in [1.807, 2.05) is 19.0 Å². The second-order valence-corrected chi connectivity index (χ2v) is 9.72. The van der Waals surface area contributed by atoms with Crippen molar-refractivity contribution in [2.75, 3.05) is 20.6 Å². The van der Waals surface area contributed by atoms with Crippen molar-refractivity contribution in [3.05, 3.63) is 75.0 Å². The van der Waals surface area contributed by atoms with Crippen LogP contribution in [0.4, 0.5) is 17.6 Å². The molecule has 3 aromatic rings. The smallest absolute Gasteiger partial charge is 0.323 e. The minimum absolute atomic E-state index is 0.161. The Morgan fingerprint density at radius 3 is 2.72 bits per heavy atom. The summed E-state index contributed by atoms with van der Waals surface area (Å²) in [6.07, 6.45) is -0.537. The highest BCUT2D eigenvalue weighted by molar-refractivity contribution is 7.12. The molecule has 1 atom stereocenters. The summed E-state index contributed by atoms with van der Waals surface area (Å²) in [4.78, 5) is 17.7. The van der Waals surface area contributed by atoms with Gasteiger partial charge in [0.25, 0.3) is 0 Å². The predicted molar refractivity (Wildman–Crippen MR) is 127 cm³/mol. The Morgan fingerprint density at radius 2 is 2.08 bits per heavy atom. The number of aryl methyl sites for hydroxylation is 1. The number of fused-ring (bicyclic) bond motifs is 1. The highest BCUT2D eigenvalue weighted by Gasteiger charge is 2.42. The number of amides is 1. The summed E-state index contributed by atoms with van der Waals surface area (Å²) in [6.45, 7) is 2.48. The Morgan fingerprint density at radius 1 is 1.33 bits per heavy atom. The first-order chi connectivity index (χ1) is 17.0. The lowest BCUT2D eigenvalue weighted by Crippen LogP contribution is -2.29. The molecule has 0 unspecified atom stereocenters. The maximum absolute atomic E-state index is 15.4. The summed E-state index contributed by atoms with van der Waals surface area (Å²) >= 11 is 1.21. The number of nitriles is 1. The van der Waals surface area contributed by atoms with Gasteiger partial charge in [0.1, 0.15) is 16.8 Å². The molecule has 1 aliphatic heterocycles. The molecule has 0 N–H and O–H groups in total. The van der Waals surface area contributed by atoms with Gasteiger partial charge in [0.15, 0.2) is 5.69 Å². The van der Waals surface area contributed by atoms with Gasteiger partial charge in [-0.2, -0.15) is 23.5 Å². The third kappa shape index (κ3) is 4.79. The zero-order valence-electron chi connectivity index (χ0n) is 19.8. The Balaban J connectivity index is 1.91. The van der Waals surface area contributed by atoms with Crippen LogP contribution in [0.5, 0.6) is 0 Å². The van der Waals surface area contributed by atoms with Gasteiger partial charge < -0.3 is 9.80 Å². The topological polar surface area (TPSA) is 65.2 Å². The number of rotatable bonds is 6. The number of benzene rings is 1. The Labute approximate surface area is 209 Å². The molecule has 11 heteroatoms. The van der Waals surface area contributed by atoms with E-state index in [0.717, 1.165) is 15.6 Å². The maximum atomic E-state index is 15.4. The van der Waals surface area contributed by atoms with E-state index >= 15 is 4.39 Å². The summed E-state index contributed by atoms with van der Waals surface area (Å²) in [5.41, 5.74) is -1.04. The zero-order chi connectivity index (χ0) is 26.2. The van der Waals surface area contributed by atoms with Crippen LogP contribution in [0.2, 0.25) is 0 Å². The van der Waals surface area contributed by atoms with Gasteiger partial charge in [-0.3, -0.25) is 9.48 Å². The maximum Gasteiger partial charge on any atom is 0.435 e. The second kappa shape index (κ2) is 9.87. The number of aromatic nitrogens is 2. The standard InChI is InChI=1S/C25H23F4N5OS/c1-4-33-13-18(24(31-33)25(27,28)29)22-16(7-5-8-19(22)26)23-17-11-15(12-30)36-20(17)14-34(23)21(35)9-6-10-32(2)3/h5-9,11,13,23H,4,10,14H2,1-3H3/b9-6+/t23-/m0/s1. The molecule has 1 aromatic carbocycles. The molecule has 4 rings (SSSR count). The third-order valence-electron chi connectivity index (χ3n) is 5.85. The molecule has 0 aliphatic carbocycles. The van der Waals surface area contributed by atoms with Crippen molar-refractivity contribution < 1.29 is 22.4 Å². The average Bonchev–Trinajstić information content (AvgIpc) is 3.50. The molecule has 0 saturated heterocycles. The number of hydrogen-bond donors (Lipinski definition) is 0. The fourth-order valence-electron chi connectivity index (χ4n) is 4.30. The van der Waals surface area contributed by atoms with Gasteiger partial charge in [-0.15, -0.1) is 11.3 Å². The lowest BCUT2D eigenvalue weighted by Gasteiger charge is -2.27. The molecule has 1 amide bonds. The normalized spacial score (nSPS) is 15.6. The van der Waals surface area contributed by atoms with Gasteiger partial charge in [-0.05, 0) is 44.3 Å². The molecule has 2 aromatic heterocycles. The number of carbonyl (C=O) groups is 1. The quantitative estimate of drug-likeness (QED) is 0.333. The molecule has 0 radical (unpaired) electrons. The van der Waals surface area contributed by atoms with Gasteiger partial charge in [-0.1, -0.05) is 18.2 Å². The van der Waals surface area contributed by atoms with Crippen LogP contribution in [0, 0.1) is 17.1 Å². The number of nitrogens with zero attached hydrogens (tertiary/aromatic N) is 5. The van der Waals surface area contributed by atoms with E-state index in [2.05, 4.69) is 11.2 Å². The summed E-state index contributed by atoms with van der Waals surface area (Å²) in [7, 11) is 3.70. The number of halogens is 4. The van der Waals surface area contributed by atoms with Crippen LogP contribution in [0.1, 0.15) is 39.5 Å². The van der Waals surface area contributed by atoms with Crippen LogP contribution in [0.25, 0.3) is 11.1 Å². The number of likely N-dealkylation sites (N-methyl/N-ethyl adjacent to an activating group) is 1. The molecule has 0 spiro atoms. The van der Waals surface area contributed by atoms with E-state index in [0.29, 0.717) is 17.0 Å². The van der Waals surface area contributed by atoms with Crippen LogP contribution < -0.4 is 0 Å². The van der Waals surface area contributed by atoms with Crippen LogP contribution in [-0.2, 0) is 24.1 Å². The van der Waals surface area contributed by atoms with Gasteiger partial charge >= 0.3 is 6.18 Å². The van der Waals surface area contributed by atoms with E-state index in [4.69, 9.17) is 0 Å². The summed E-state index contributed by atoms with van der Waals surface area (Å²) in [6, 6.07) is 6.85. The van der Waals surface area contributed by atoms with Crippen molar-refractivity contribution in [3.8, 4) is 17.2 Å². The van der Waals surface area contributed by atoms with Gasteiger partial charge in [0, 0.05) is 41.4 Å². The predicted octanol–water partition coefficient (Wildman–Crippen LogP) is 5.21. The van der Waals surface area contributed by atoms with E-state index in [1.165, 1.54) is 40.6 Å². The first-order valence-electron chi connectivity index (χ1n) is 11.1. The zero-order valence-corrected chi connectivity index (χ0v) is 20.6. The van der Waals surface area contributed by atoms with Crippen molar-refractivity contribution in [1.82, 2.24) is 19.6 Å². The fourth-order valence-corrected chi connectivity index (χ4v) is 5.29. The van der Waals surface area contributed by atoms with Gasteiger partial charge in [-0.25, -0.2) is 4.39 Å². The molecule has 0 fully saturated rings. The van der Waals surface area contributed by atoms with Crippen molar-refractivity contribution in [3.63, 3.8) is 0 Å². The molecule has 36 heavy (non-hydrogen) atoms. The summed E-state index contributed by atoms with van der Waals surface area (Å²) in [5, 5.41) is 13.0. The first kappa shape index (κ1) is 25.6. The van der Waals surface area contributed by atoms with Crippen molar-refractivity contribution in [2.45, 2.75) is 32.2 Å². The van der Waals surface area contributed by atoms with E-state index in [9.17, 15) is 23.2 Å². The lowest BCUT2D eigenvalue weighted by atomic mass is 9.91. The lowest BCUT2D eigenvalue weighted by molar-refractivity contribution is -0.141. The largest absolute Gasteiger partial charge is 0.435 e. The van der Waals surface area contributed by atoms with Crippen molar-refractivity contribution in [1.29, 1.82) is 5.26 Å². The molecular weight excluding hydrogens is 494 g/mol. The van der Waals surface area contributed by atoms with Crippen LogP contribution in [-0.4, -0.2) is 46.1 Å². The number of hydrogen-bond acceptors (Lipinski definition) is 5. The summed E-state index contributed by atoms with van der Waals surface area (Å²) in [5.74, 6) is -1.22. The van der Waals surface area contributed by atoms with Crippen LogP contribution >= 0.6 is 11.3 Å². The van der Waals surface area contributed by atoms with Crippen molar-refractivity contribution >= 4 is 17.2 Å². The highest BCUT2D eigenvalue weighted by atomic mass is 32.1.